The van der Waals surface area contributed by atoms with Crippen molar-refractivity contribution in [1.82, 2.24) is 4.31 Å². The molecule has 0 aliphatic carbocycles. The third-order valence-electron chi connectivity index (χ3n) is 3.05. The standard InChI is InChI=1S/C14H19NO7S/c1-9(2)15(8-13(16)17)23(19,20)10-5-6-11(14(18)22-4)12(7-10)21-3/h5-7,9H,8H2,1-4H3,(H,16,17). The molecule has 1 rings (SSSR count). The zero-order valence-electron chi connectivity index (χ0n) is 13.3. The number of hydrogen-bond acceptors (Lipinski definition) is 6. The molecule has 0 fully saturated rings. The molecule has 0 unspecified atom stereocenters. The second-order valence-electron chi connectivity index (χ2n) is 4.89. The number of carbonyl (C=O) groups is 2. The molecule has 0 amide bonds. The van der Waals surface area contributed by atoms with E-state index in [9.17, 15) is 18.0 Å². The third kappa shape index (κ3) is 4.20. The van der Waals surface area contributed by atoms with Crippen molar-refractivity contribution in [3.63, 3.8) is 0 Å². The van der Waals surface area contributed by atoms with Gasteiger partial charge >= 0.3 is 11.9 Å². The Bertz CT molecular complexity index is 697. The maximum atomic E-state index is 12.6. The van der Waals surface area contributed by atoms with E-state index in [0.29, 0.717) is 0 Å². The summed E-state index contributed by atoms with van der Waals surface area (Å²) in [5, 5.41) is 8.90. The molecule has 0 atom stereocenters. The minimum Gasteiger partial charge on any atom is -0.496 e. The lowest BCUT2D eigenvalue weighted by molar-refractivity contribution is -0.137. The fourth-order valence-electron chi connectivity index (χ4n) is 1.92. The molecule has 1 aromatic carbocycles. The topological polar surface area (TPSA) is 110 Å². The van der Waals surface area contributed by atoms with Crippen LogP contribution in [0.2, 0.25) is 0 Å². The first kappa shape index (κ1) is 18.9. The van der Waals surface area contributed by atoms with Crippen molar-refractivity contribution >= 4 is 22.0 Å². The quantitative estimate of drug-likeness (QED) is 0.733. The van der Waals surface area contributed by atoms with E-state index in [1.165, 1.54) is 32.4 Å². The van der Waals surface area contributed by atoms with Gasteiger partial charge in [0.25, 0.3) is 0 Å². The molecule has 0 aliphatic rings. The zero-order chi connectivity index (χ0) is 17.8. The molecule has 0 radical (unpaired) electrons. The molecule has 0 saturated carbocycles. The summed E-state index contributed by atoms with van der Waals surface area (Å²) in [6.07, 6.45) is 0. The van der Waals surface area contributed by atoms with E-state index in [1.54, 1.807) is 13.8 Å². The van der Waals surface area contributed by atoms with Gasteiger partial charge in [-0.25, -0.2) is 13.2 Å². The summed E-state index contributed by atoms with van der Waals surface area (Å²) in [4.78, 5) is 22.3. The van der Waals surface area contributed by atoms with Crippen molar-refractivity contribution in [2.24, 2.45) is 0 Å². The van der Waals surface area contributed by atoms with E-state index in [-0.39, 0.29) is 16.2 Å². The van der Waals surface area contributed by atoms with Crippen molar-refractivity contribution < 1.29 is 32.6 Å². The second kappa shape index (κ2) is 7.42. The van der Waals surface area contributed by atoms with Crippen molar-refractivity contribution in [2.45, 2.75) is 24.8 Å². The van der Waals surface area contributed by atoms with Crippen molar-refractivity contribution in [1.29, 1.82) is 0 Å². The SMILES string of the molecule is COC(=O)c1ccc(S(=O)(=O)N(CC(=O)O)C(C)C)cc1OC. The van der Waals surface area contributed by atoms with Crippen LogP contribution in [0.1, 0.15) is 24.2 Å². The molecule has 0 saturated heterocycles. The molecule has 1 N–H and O–H groups in total. The molecular formula is C14H19NO7S. The van der Waals surface area contributed by atoms with E-state index in [1.807, 2.05) is 0 Å². The lowest BCUT2D eigenvalue weighted by Crippen LogP contribution is -2.40. The highest BCUT2D eigenvalue weighted by molar-refractivity contribution is 7.89. The summed E-state index contributed by atoms with van der Waals surface area (Å²) in [6, 6.07) is 3.08. The van der Waals surface area contributed by atoms with Gasteiger partial charge in [-0.1, -0.05) is 0 Å². The van der Waals surface area contributed by atoms with E-state index in [2.05, 4.69) is 4.74 Å². The Labute approximate surface area is 134 Å². The molecule has 8 nitrogen and oxygen atoms in total. The molecule has 0 bridgehead atoms. The van der Waals surface area contributed by atoms with E-state index < -0.39 is 34.5 Å². The first-order chi connectivity index (χ1) is 10.6. The summed E-state index contributed by atoms with van der Waals surface area (Å²) in [5.74, 6) is -1.91. The van der Waals surface area contributed by atoms with Gasteiger partial charge in [-0.3, -0.25) is 4.79 Å². The molecule has 1 aromatic rings. The Morgan fingerprint density at radius 1 is 1.26 bits per heavy atom. The molecule has 0 spiro atoms. The number of carbonyl (C=O) groups excluding carboxylic acids is 1. The van der Waals surface area contributed by atoms with Crippen LogP contribution < -0.4 is 4.74 Å². The first-order valence-electron chi connectivity index (χ1n) is 6.65. The fourth-order valence-corrected chi connectivity index (χ4v) is 3.53. The average Bonchev–Trinajstić information content (AvgIpc) is 2.50. The van der Waals surface area contributed by atoms with Crippen molar-refractivity contribution in [3.8, 4) is 5.75 Å². The summed E-state index contributed by atoms with van der Waals surface area (Å²) >= 11 is 0. The largest absolute Gasteiger partial charge is 0.496 e. The summed E-state index contributed by atoms with van der Waals surface area (Å²) in [7, 11) is -1.58. The highest BCUT2D eigenvalue weighted by atomic mass is 32.2. The van der Waals surface area contributed by atoms with Crippen molar-refractivity contribution in [2.75, 3.05) is 20.8 Å². The van der Waals surface area contributed by atoms with Gasteiger partial charge in [0.05, 0.1) is 19.1 Å². The Hall–Kier alpha value is -2.13. The van der Waals surface area contributed by atoms with Crippen LogP contribution in [0, 0.1) is 0 Å². The highest BCUT2D eigenvalue weighted by Gasteiger charge is 2.30. The maximum Gasteiger partial charge on any atom is 0.341 e. The number of aliphatic carboxylic acids is 1. The van der Waals surface area contributed by atoms with Gasteiger partial charge in [0.2, 0.25) is 10.0 Å². The number of benzene rings is 1. The Kier molecular flexibility index (Phi) is 6.11. The lowest BCUT2D eigenvalue weighted by atomic mass is 10.2. The van der Waals surface area contributed by atoms with E-state index in [4.69, 9.17) is 9.84 Å². The molecular weight excluding hydrogens is 326 g/mol. The lowest BCUT2D eigenvalue weighted by Gasteiger charge is -2.24. The van der Waals surface area contributed by atoms with Crippen LogP contribution in [0.4, 0.5) is 0 Å². The summed E-state index contributed by atoms with van der Waals surface area (Å²) in [6.45, 7) is 2.47. The Morgan fingerprint density at radius 3 is 2.30 bits per heavy atom. The third-order valence-corrected chi connectivity index (χ3v) is 5.07. The smallest absolute Gasteiger partial charge is 0.341 e. The number of hydrogen-bond donors (Lipinski definition) is 1. The van der Waals surface area contributed by atoms with Crippen LogP contribution in [0.25, 0.3) is 0 Å². The average molecular weight is 345 g/mol. The second-order valence-corrected chi connectivity index (χ2v) is 6.78. The summed E-state index contributed by atoms with van der Waals surface area (Å²) in [5.41, 5.74) is 0.0725. The highest BCUT2D eigenvalue weighted by Crippen LogP contribution is 2.26. The molecule has 0 heterocycles. The van der Waals surface area contributed by atoms with Crippen LogP contribution in [0.5, 0.6) is 5.75 Å². The Morgan fingerprint density at radius 2 is 1.87 bits per heavy atom. The van der Waals surface area contributed by atoms with Gasteiger partial charge in [-0.05, 0) is 26.0 Å². The van der Waals surface area contributed by atoms with Crippen LogP contribution in [-0.4, -0.2) is 56.6 Å². The molecule has 0 aliphatic heterocycles. The van der Waals surface area contributed by atoms with Crippen molar-refractivity contribution in [3.05, 3.63) is 23.8 Å². The zero-order valence-corrected chi connectivity index (χ0v) is 14.1. The van der Waals surface area contributed by atoms with Gasteiger partial charge < -0.3 is 14.6 Å². The van der Waals surface area contributed by atoms with Gasteiger partial charge in [0, 0.05) is 12.1 Å². The molecule has 0 aromatic heterocycles. The van der Waals surface area contributed by atoms with E-state index in [0.717, 1.165) is 4.31 Å². The van der Waals surface area contributed by atoms with Gasteiger partial charge in [0.1, 0.15) is 17.9 Å². The number of ether oxygens (including phenoxy) is 2. The van der Waals surface area contributed by atoms with Crippen LogP contribution in [0.3, 0.4) is 0 Å². The predicted molar refractivity (Wildman–Crippen MR) is 81.0 cm³/mol. The number of methoxy groups -OCH3 is 2. The fraction of sp³-hybridized carbons (Fsp3) is 0.429. The number of esters is 1. The molecule has 23 heavy (non-hydrogen) atoms. The number of carboxylic acids is 1. The minimum absolute atomic E-state index is 0.0250. The predicted octanol–water partition coefficient (Wildman–Crippen LogP) is 0.965. The maximum absolute atomic E-state index is 12.6. The van der Waals surface area contributed by atoms with Crippen LogP contribution in [0.15, 0.2) is 23.1 Å². The number of sulfonamides is 1. The monoisotopic (exact) mass is 345 g/mol. The van der Waals surface area contributed by atoms with Gasteiger partial charge in [-0.2, -0.15) is 4.31 Å². The number of carboxylic acid groups (broad SMARTS) is 1. The summed E-state index contributed by atoms with van der Waals surface area (Å²) < 4.78 is 35.7. The van der Waals surface area contributed by atoms with Gasteiger partial charge in [0.15, 0.2) is 0 Å². The number of rotatable bonds is 7. The normalized spacial score (nSPS) is 11.6. The first-order valence-corrected chi connectivity index (χ1v) is 8.09. The van der Waals surface area contributed by atoms with Gasteiger partial charge in [-0.15, -0.1) is 0 Å². The van der Waals surface area contributed by atoms with Crippen LogP contribution >= 0.6 is 0 Å². The molecule has 128 valence electrons. The van der Waals surface area contributed by atoms with Crippen LogP contribution in [-0.2, 0) is 19.6 Å². The minimum atomic E-state index is -4.06. The van der Waals surface area contributed by atoms with E-state index >= 15 is 0 Å². The number of nitrogens with zero attached hydrogens (tertiary/aromatic N) is 1. The Balaban J connectivity index is 3.38. The molecule has 9 heteroatoms.